The average molecular weight is 238 g/mol. The van der Waals surface area contributed by atoms with E-state index in [1.165, 1.54) is 30.8 Å². The molecule has 2 rings (SSSR count). The van der Waals surface area contributed by atoms with Gasteiger partial charge in [0.05, 0.1) is 0 Å². The Balaban J connectivity index is 1.74. The number of likely N-dealkylation sites (tertiary alicyclic amines) is 1. The van der Waals surface area contributed by atoms with Gasteiger partial charge in [0.15, 0.2) is 0 Å². The lowest BCUT2D eigenvalue weighted by Gasteiger charge is -2.25. The summed E-state index contributed by atoms with van der Waals surface area (Å²) >= 11 is 1.84. The normalized spacial score (nSPS) is 21.1. The molecule has 0 saturated carbocycles. The van der Waals surface area contributed by atoms with E-state index in [0.29, 0.717) is 12.1 Å². The van der Waals surface area contributed by atoms with Crippen molar-refractivity contribution in [2.75, 3.05) is 19.6 Å². The van der Waals surface area contributed by atoms with Crippen molar-refractivity contribution in [3.8, 4) is 0 Å². The zero-order valence-electron chi connectivity index (χ0n) is 10.3. The number of rotatable bonds is 5. The molecule has 2 unspecified atom stereocenters. The fourth-order valence-electron chi connectivity index (χ4n) is 2.30. The minimum Gasteiger partial charge on any atom is -0.308 e. The van der Waals surface area contributed by atoms with Crippen LogP contribution in [-0.2, 0) is 0 Å². The number of nitrogens with zero attached hydrogens (tertiary/aromatic N) is 1. The third kappa shape index (κ3) is 3.06. The monoisotopic (exact) mass is 238 g/mol. The summed E-state index contributed by atoms with van der Waals surface area (Å²) in [6, 6.07) is 5.50. The molecule has 1 aromatic heterocycles. The lowest BCUT2D eigenvalue weighted by Crippen LogP contribution is -2.39. The fraction of sp³-hybridized carbons (Fsp3) is 0.692. The van der Waals surface area contributed by atoms with Crippen molar-refractivity contribution in [2.45, 2.75) is 38.8 Å². The number of thiophene rings is 1. The van der Waals surface area contributed by atoms with Crippen molar-refractivity contribution in [1.29, 1.82) is 0 Å². The molecule has 2 heterocycles. The molecular weight excluding hydrogens is 216 g/mol. The first-order valence-corrected chi connectivity index (χ1v) is 7.16. The molecule has 0 amide bonds. The van der Waals surface area contributed by atoms with E-state index in [-0.39, 0.29) is 0 Å². The smallest absolute Gasteiger partial charge is 0.0386 e. The van der Waals surface area contributed by atoms with Gasteiger partial charge in [0.2, 0.25) is 0 Å². The van der Waals surface area contributed by atoms with Crippen LogP contribution >= 0.6 is 11.3 Å². The third-order valence-electron chi connectivity index (χ3n) is 3.45. The second kappa shape index (κ2) is 5.80. The maximum absolute atomic E-state index is 3.63. The molecule has 1 aromatic rings. The topological polar surface area (TPSA) is 15.3 Å². The van der Waals surface area contributed by atoms with Gasteiger partial charge in [-0.25, -0.2) is 0 Å². The Hall–Kier alpha value is -0.380. The Morgan fingerprint density at radius 2 is 2.12 bits per heavy atom. The summed E-state index contributed by atoms with van der Waals surface area (Å²) in [5.74, 6) is 0. The van der Waals surface area contributed by atoms with Crippen molar-refractivity contribution in [3.63, 3.8) is 0 Å². The molecule has 16 heavy (non-hydrogen) atoms. The fourth-order valence-corrected chi connectivity index (χ4v) is 3.06. The second-order valence-electron chi connectivity index (χ2n) is 4.74. The van der Waals surface area contributed by atoms with Crippen molar-refractivity contribution >= 4 is 11.3 Å². The lowest BCUT2D eigenvalue weighted by atomic mass is 10.2. The van der Waals surface area contributed by atoms with Gasteiger partial charge in [-0.2, -0.15) is 0 Å². The molecule has 1 N–H and O–H groups in total. The molecule has 90 valence electrons. The minimum absolute atomic E-state index is 0.491. The van der Waals surface area contributed by atoms with Gasteiger partial charge in [-0.05, 0) is 51.2 Å². The average Bonchev–Trinajstić information content (AvgIpc) is 2.95. The molecule has 1 fully saturated rings. The van der Waals surface area contributed by atoms with Gasteiger partial charge < -0.3 is 5.32 Å². The predicted octanol–water partition coefficient (Wildman–Crippen LogP) is 2.88. The highest BCUT2D eigenvalue weighted by Crippen LogP contribution is 2.18. The Bertz CT molecular complexity index is 291. The maximum Gasteiger partial charge on any atom is 0.0386 e. The Morgan fingerprint density at radius 3 is 2.75 bits per heavy atom. The van der Waals surface area contributed by atoms with Crippen LogP contribution in [0.15, 0.2) is 17.5 Å². The highest BCUT2D eigenvalue weighted by Gasteiger charge is 2.18. The molecule has 2 atom stereocenters. The Labute approximate surface area is 103 Å². The highest BCUT2D eigenvalue weighted by atomic mass is 32.1. The van der Waals surface area contributed by atoms with Gasteiger partial charge in [0.1, 0.15) is 0 Å². The summed E-state index contributed by atoms with van der Waals surface area (Å²) in [5, 5.41) is 5.78. The summed E-state index contributed by atoms with van der Waals surface area (Å²) in [4.78, 5) is 4.03. The second-order valence-corrected chi connectivity index (χ2v) is 5.72. The molecule has 2 nitrogen and oxygen atoms in total. The van der Waals surface area contributed by atoms with Crippen LogP contribution in [0.5, 0.6) is 0 Å². The molecular formula is C13H22N2S. The molecule has 0 aromatic carbocycles. The van der Waals surface area contributed by atoms with E-state index >= 15 is 0 Å². The zero-order valence-corrected chi connectivity index (χ0v) is 11.1. The van der Waals surface area contributed by atoms with Crippen molar-refractivity contribution in [3.05, 3.63) is 22.4 Å². The summed E-state index contributed by atoms with van der Waals surface area (Å²) < 4.78 is 0. The molecule has 3 heteroatoms. The zero-order chi connectivity index (χ0) is 11.4. The van der Waals surface area contributed by atoms with Crippen LogP contribution in [0.4, 0.5) is 0 Å². The van der Waals surface area contributed by atoms with Gasteiger partial charge >= 0.3 is 0 Å². The standard InChI is InChI=1S/C13H22N2S/c1-11(15-7-3-4-8-15)10-14-12(2)13-6-5-9-16-13/h5-6,9,11-12,14H,3-4,7-8,10H2,1-2H3. The lowest BCUT2D eigenvalue weighted by molar-refractivity contribution is 0.247. The Kier molecular flexibility index (Phi) is 4.38. The van der Waals surface area contributed by atoms with Crippen LogP contribution in [0.1, 0.15) is 37.6 Å². The largest absolute Gasteiger partial charge is 0.308 e. The van der Waals surface area contributed by atoms with Gasteiger partial charge in [-0.15, -0.1) is 11.3 Å². The molecule has 1 aliphatic heterocycles. The first kappa shape index (κ1) is 12.1. The maximum atomic E-state index is 3.63. The summed E-state index contributed by atoms with van der Waals surface area (Å²) in [6.07, 6.45) is 2.76. The van der Waals surface area contributed by atoms with Gasteiger partial charge in [-0.3, -0.25) is 4.90 Å². The molecule has 0 radical (unpaired) electrons. The molecule has 0 bridgehead atoms. The summed E-state index contributed by atoms with van der Waals surface area (Å²) in [7, 11) is 0. The number of nitrogens with one attached hydrogen (secondary N) is 1. The van der Waals surface area contributed by atoms with E-state index in [2.05, 4.69) is 41.6 Å². The van der Waals surface area contributed by atoms with Crippen LogP contribution in [0, 0.1) is 0 Å². The number of hydrogen-bond donors (Lipinski definition) is 1. The van der Waals surface area contributed by atoms with Gasteiger partial charge in [0, 0.05) is 23.5 Å². The van der Waals surface area contributed by atoms with E-state index in [9.17, 15) is 0 Å². The summed E-state index contributed by atoms with van der Waals surface area (Å²) in [5.41, 5.74) is 0. The summed E-state index contributed by atoms with van der Waals surface area (Å²) in [6.45, 7) is 8.26. The number of hydrogen-bond acceptors (Lipinski definition) is 3. The van der Waals surface area contributed by atoms with E-state index in [1.54, 1.807) is 0 Å². The van der Waals surface area contributed by atoms with E-state index < -0.39 is 0 Å². The third-order valence-corrected chi connectivity index (χ3v) is 4.51. The van der Waals surface area contributed by atoms with Crippen LogP contribution < -0.4 is 5.32 Å². The van der Waals surface area contributed by atoms with E-state index in [1.807, 2.05) is 11.3 Å². The van der Waals surface area contributed by atoms with Crippen LogP contribution in [0.2, 0.25) is 0 Å². The molecule has 1 aliphatic rings. The predicted molar refractivity (Wildman–Crippen MR) is 71.0 cm³/mol. The molecule has 1 saturated heterocycles. The minimum atomic E-state index is 0.491. The van der Waals surface area contributed by atoms with Crippen molar-refractivity contribution in [2.24, 2.45) is 0 Å². The Morgan fingerprint density at radius 1 is 1.38 bits per heavy atom. The molecule has 0 spiro atoms. The van der Waals surface area contributed by atoms with Crippen LogP contribution in [-0.4, -0.2) is 30.6 Å². The van der Waals surface area contributed by atoms with Gasteiger partial charge in [0.25, 0.3) is 0 Å². The first-order valence-electron chi connectivity index (χ1n) is 6.28. The van der Waals surface area contributed by atoms with Crippen LogP contribution in [0.25, 0.3) is 0 Å². The van der Waals surface area contributed by atoms with Crippen molar-refractivity contribution < 1.29 is 0 Å². The molecule has 0 aliphatic carbocycles. The van der Waals surface area contributed by atoms with Gasteiger partial charge in [-0.1, -0.05) is 6.07 Å². The van der Waals surface area contributed by atoms with Crippen molar-refractivity contribution in [1.82, 2.24) is 10.2 Å². The van der Waals surface area contributed by atoms with E-state index in [4.69, 9.17) is 0 Å². The van der Waals surface area contributed by atoms with Crippen LogP contribution in [0.3, 0.4) is 0 Å². The quantitative estimate of drug-likeness (QED) is 0.848. The highest BCUT2D eigenvalue weighted by molar-refractivity contribution is 7.10. The van der Waals surface area contributed by atoms with E-state index in [0.717, 1.165) is 6.54 Å². The SMILES string of the molecule is CC(NCC(C)N1CCCC1)c1cccs1. The first-order chi connectivity index (χ1) is 7.77.